The Bertz CT molecular complexity index is 340. The molecule has 0 saturated heterocycles. The molecule has 0 spiro atoms. The van der Waals surface area contributed by atoms with Crippen LogP contribution < -0.4 is 18.9 Å². The van der Waals surface area contributed by atoms with E-state index >= 15 is 0 Å². The molecule has 0 aromatic heterocycles. The van der Waals surface area contributed by atoms with Crippen LogP contribution in [0.4, 0.5) is 0 Å². The van der Waals surface area contributed by atoms with Gasteiger partial charge in [-0.2, -0.15) is 11.6 Å². The zero-order valence-electron chi connectivity index (χ0n) is 15.2. The van der Waals surface area contributed by atoms with E-state index in [-0.39, 0.29) is 18.9 Å². The summed E-state index contributed by atoms with van der Waals surface area (Å²) in [6.07, 6.45) is 16.6. The summed E-state index contributed by atoms with van der Waals surface area (Å²) in [6.45, 7) is 12.5. The van der Waals surface area contributed by atoms with Crippen LogP contribution in [-0.2, 0) is 4.43 Å². The molecule has 3 heteroatoms. The predicted molar refractivity (Wildman–Crippen MR) is 91.4 cm³/mol. The third-order valence-corrected chi connectivity index (χ3v) is 9.14. The topological polar surface area (TPSA) is 9.23 Å². The van der Waals surface area contributed by atoms with E-state index in [0.717, 1.165) is 13.0 Å². The van der Waals surface area contributed by atoms with E-state index in [1.165, 1.54) is 44.1 Å². The fourth-order valence-electron chi connectivity index (χ4n) is 2.09. The van der Waals surface area contributed by atoms with Crippen molar-refractivity contribution in [3.63, 3.8) is 0 Å². The van der Waals surface area contributed by atoms with Gasteiger partial charge in [-0.3, -0.25) is 6.08 Å². The standard InChI is InChI=1S/C18H33OSi.Li/c1-18(2,3)20(4,5)19-16-12-7-6-9-13-17-14-10-8-11-15-17;/h13,15H,6-10,12,14,16H2,1-5H3;/q-1;+1/b17-13+;. The van der Waals surface area contributed by atoms with Gasteiger partial charge in [0.15, 0.2) is 8.32 Å². The molecule has 1 rings (SSSR count). The van der Waals surface area contributed by atoms with Crippen LogP contribution in [0.1, 0.15) is 65.7 Å². The molecule has 1 aliphatic carbocycles. The Balaban J connectivity index is 0.00000400. The summed E-state index contributed by atoms with van der Waals surface area (Å²) in [5, 5.41) is 0.335. The first-order valence-electron chi connectivity index (χ1n) is 8.22. The van der Waals surface area contributed by atoms with Gasteiger partial charge in [0.05, 0.1) is 0 Å². The Labute approximate surface area is 145 Å². The van der Waals surface area contributed by atoms with Gasteiger partial charge in [0.25, 0.3) is 0 Å². The zero-order chi connectivity index (χ0) is 15.1. The first-order valence-corrected chi connectivity index (χ1v) is 11.1. The zero-order valence-corrected chi connectivity index (χ0v) is 16.2. The summed E-state index contributed by atoms with van der Waals surface area (Å²) in [7, 11) is -1.53. The molecule has 0 N–H and O–H groups in total. The van der Waals surface area contributed by atoms with E-state index < -0.39 is 8.32 Å². The normalized spacial score (nSPS) is 17.9. The summed E-state index contributed by atoms with van der Waals surface area (Å²) in [5.41, 5.74) is 1.49. The number of rotatable bonds is 7. The van der Waals surface area contributed by atoms with Gasteiger partial charge in [-0.05, 0) is 24.6 Å². The van der Waals surface area contributed by atoms with Crippen molar-refractivity contribution in [2.75, 3.05) is 6.61 Å². The van der Waals surface area contributed by atoms with Gasteiger partial charge >= 0.3 is 18.9 Å². The Morgan fingerprint density at radius 3 is 2.52 bits per heavy atom. The summed E-state index contributed by atoms with van der Waals surface area (Å²) >= 11 is 0. The Kier molecular flexibility index (Phi) is 10.2. The molecular formula is C18H33LiOSi. The van der Waals surface area contributed by atoms with Crippen LogP contribution in [0.3, 0.4) is 0 Å². The predicted octanol–water partition coefficient (Wildman–Crippen LogP) is 3.04. The minimum atomic E-state index is -1.53. The minimum absolute atomic E-state index is 0. The van der Waals surface area contributed by atoms with Crippen LogP contribution in [0, 0.1) is 6.08 Å². The molecule has 21 heavy (non-hydrogen) atoms. The van der Waals surface area contributed by atoms with Crippen LogP contribution in [0.2, 0.25) is 18.1 Å². The number of hydrogen-bond donors (Lipinski definition) is 0. The Hall–Kier alpha value is 0.254. The van der Waals surface area contributed by atoms with E-state index in [0.29, 0.717) is 5.04 Å². The van der Waals surface area contributed by atoms with Crippen LogP contribution in [0.15, 0.2) is 17.7 Å². The molecule has 0 aliphatic heterocycles. The Morgan fingerprint density at radius 1 is 1.24 bits per heavy atom. The number of unbranched alkanes of at least 4 members (excludes halogenated alkanes) is 3. The maximum Gasteiger partial charge on any atom is 1.00 e. The van der Waals surface area contributed by atoms with Crippen LogP contribution in [-0.4, -0.2) is 14.9 Å². The monoisotopic (exact) mass is 300 g/mol. The van der Waals surface area contributed by atoms with Crippen molar-refractivity contribution < 1.29 is 23.3 Å². The van der Waals surface area contributed by atoms with Crippen LogP contribution in [0.5, 0.6) is 0 Å². The molecule has 0 fully saturated rings. The van der Waals surface area contributed by atoms with E-state index in [2.05, 4.69) is 52.1 Å². The van der Waals surface area contributed by atoms with Gasteiger partial charge in [0.1, 0.15) is 0 Å². The van der Waals surface area contributed by atoms with Crippen molar-refractivity contribution in [2.24, 2.45) is 0 Å². The first-order chi connectivity index (χ1) is 9.33. The molecule has 1 nitrogen and oxygen atoms in total. The SMILES string of the molecule is CC(C)(C)[Si](C)(C)OCCCCC/C=C1/C=[C-]CCC1.[Li+]. The van der Waals surface area contributed by atoms with E-state index in [4.69, 9.17) is 4.43 Å². The molecule has 0 unspecified atom stereocenters. The molecule has 1 aliphatic rings. The molecule has 0 atom stereocenters. The third kappa shape index (κ3) is 8.45. The van der Waals surface area contributed by atoms with Crippen molar-refractivity contribution in [2.45, 2.75) is 83.8 Å². The second-order valence-corrected chi connectivity index (χ2v) is 12.2. The van der Waals surface area contributed by atoms with E-state index in [9.17, 15) is 0 Å². The van der Waals surface area contributed by atoms with Gasteiger partial charge < -0.3 is 4.43 Å². The smallest absolute Gasteiger partial charge is 0.417 e. The van der Waals surface area contributed by atoms with Gasteiger partial charge in [-0.25, -0.2) is 6.08 Å². The first kappa shape index (κ1) is 21.3. The minimum Gasteiger partial charge on any atom is -0.417 e. The maximum absolute atomic E-state index is 6.20. The number of hydrogen-bond acceptors (Lipinski definition) is 1. The van der Waals surface area contributed by atoms with Gasteiger partial charge in [-0.1, -0.05) is 52.9 Å². The molecule has 0 aromatic carbocycles. The average molecular weight is 300 g/mol. The summed E-state index contributed by atoms with van der Waals surface area (Å²) in [4.78, 5) is 0. The molecule has 116 valence electrons. The summed E-state index contributed by atoms with van der Waals surface area (Å²) < 4.78 is 6.20. The van der Waals surface area contributed by atoms with Gasteiger partial charge in [0, 0.05) is 6.61 Å². The second kappa shape index (κ2) is 10.1. The maximum atomic E-state index is 6.20. The Morgan fingerprint density at radius 2 is 1.95 bits per heavy atom. The van der Waals surface area contributed by atoms with Crippen molar-refractivity contribution >= 4 is 8.32 Å². The summed E-state index contributed by atoms with van der Waals surface area (Å²) in [6, 6.07) is 0. The fraction of sp³-hybridized carbons (Fsp3) is 0.778. The van der Waals surface area contributed by atoms with Crippen molar-refractivity contribution in [3.05, 3.63) is 23.8 Å². The average Bonchev–Trinajstić information content (AvgIpc) is 2.37. The molecule has 0 bridgehead atoms. The van der Waals surface area contributed by atoms with Gasteiger partial charge in [-0.15, -0.1) is 6.42 Å². The summed E-state index contributed by atoms with van der Waals surface area (Å²) in [5.74, 6) is 0. The van der Waals surface area contributed by atoms with Gasteiger partial charge in [0.2, 0.25) is 0 Å². The molecular weight excluding hydrogens is 267 g/mol. The van der Waals surface area contributed by atoms with Crippen LogP contribution in [0.25, 0.3) is 0 Å². The fourth-order valence-corrected chi connectivity index (χ4v) is 3.17. The molecule has 0 amide bonds. The molecule has 0 heterocycles. The van der Waals surface area contributed by atoms with Crippen molar-refractivity contribution in [1.29, 1.82) is 0 Å². The quantitative estimate of drug-likeness (QED) is 0.399. The third-order valence-electron chi connectivity index (χ3n) is 4.60. The second-order valence-electron chi connectivity index (χ2n) is 7.44. The molecule has 0 aromatic rings. The largest absolute Gasteiger partial charge is 1.00 e. The van der Waals surface area contributed by atoms with E-state index in [1.54, 1.807) is 0 Å². The van der Waals surface area contributed by atoms with E-state index in [1.807, 2.05) is 0 Å². The number of allylic oxidation sites excluding steroid dienone is 4. The van der Waals surface area contributed by atoms with Crippen molar-refractivity contribution in [3.8, 4) is 0 Å². The molecule has 0 radical (unpaired) electrons. The van der Waals surface area contributed by atoms with Crippen LogP contribution >= 0.6 is 0 Å². The molecule has 0 saturated carbocycles. The van der Waals surface area contributed by atoms with Crippen molar-refractivity contribution in [1.82, 2.24) is 0 Å².